The summed E-state index contributed by atoms with van der Waals surface area (Å²) < 4.78 is 0. The largest absolute Gasteiger partial charge is 0.481 e. The highest BCUT2D eigenvalue weighted by Crippen LogP contribution is 2.19. The third kappa shape index (κ3) is 2.56. The van der Waals surface area contributed by atoms with Crippen LogP contribution in [0.25, 0.3) is 10.8 Å². The highest BCUT2D eigenvalue weighted by atomic mass is 16.4. The van der Waals surface area contributed by atoms with E-state index in [1.54, 1.807) is 13.0 Å². The summed E-state index contributed by atoms with van der Waals surface area (Å²) >= 11 is 0. The molecule has 1 atom stereocenters. The maximum atomic E-state index is 12.1. The first-order chi connectivity index (χ1) is 8.58. The summed E-state index contributed by atoms with van der Waals surface area (Å²) in [6.45, 7) is 1.64. The van der Waals surface area contributed by atoms with Crippen molar-refractivity contribution >= 4 is 22.5 Å². The Morgan fingerprint density at radius 2 is 1.78 bits per heavy atom. The van der Waals surface area contributed by atoms with E-state index in [1.807, 2.05) is 36.4 Å². The third-order valence-electron chi connectivity index (χ3n) is 2.96. The number of carbonyl (C=O) groups is 2. The fourth-order valence-corrected chi connectivity index (χ4v) is 1.98. The molecule has 0 bridgehead atoms. The van der Waals surface area contributed by atoms with Crippen LogP contribution in [0.1, 0.15) is 23.7 Å². The lowest BCUT2D eigenvalue weighted by Gasteiger charge is -2.08. The molecule has 0 radical (unpaired) electrons. The molecule has 2 aromatic rings. The van der Waals surface area contributed by atoms with Gasteiger partial charge in [-0.2, -0.15) is 0 Å². The van der Waals surface area contributed by atoms with Gasteiger partial charge in [0, 0.05) is 11.5 Å². The highest BCUT2D eigenvalue weighted by Gasteiger charge is 2.18. The molecule has 18 heavy (non-hydrogen) atoms. The Hall–Kier alpha value is -2.16. The number of benzene rings is 2. The molecule has 1 N–H and O–H groups in total. The summed E-state index contributed by atoms with van der Waals surface area (Å²) in [5.41, 5.74) is 0.572. The van der Waals surface area contributed by atoms with E-state index < -0.39 is 11.9 Å². The molecule has 92 valence electrons. The molecule has 0 saturated heterocycles. The van der Waals surface area contributed by atoms with Crippen LogP contribution >= 0.6 is 0 Å². The van der Waals surface area contributed by atoms with E-state index in [0.29, 0.717) is 5.56 Å². The average Bonchev–Trinajstić information content (AvgIpc) is 2.36. The van der Waals surface area contributed by atoms with Crippen LogP contribution in [0.5, 0.6) is 0 Å². The van der Waals surface area contributed by atoms with Gasteiger partial charge >= 0.3 is 5.97 Å². The van der Waals surface area contributed by atoms with Gasteiger partial charge in [-0.1, -0.05) is 43.3 Å². The lowest BCUT2D eigenvalue weighted by Crippen LogP contribution is -2.15. The molecule has 2 aromatic carbocycles. The fraction of sp³-hybridized carbons (Fsp3) is 0.200. The van der Waals surface area contributed by atoms with E-state index in [2.05, 4.69) is 0 Å². The summed E-state index contributed by atoms with van der Waals surface area (Å²) in [6, 6.07) is 13.2. The monoisotopic (exact) mass is 242 g/mol. The van der Waals surface area contributed by atoms with E-state index >= 15 is 0 Å². The quantitative estimate of drug-likeness (QED) is 0.838. The van der Waals surface area contributed by atoms with Gasteiger partial charge in [0.25, 0.3) is 0 Å². The van der Waals surface area contributed by atoms with Crippen molar-refractivity contribution < 1.29 is 14.7 Å². The second-order valence-electron chi connectivity index (χ2n) is 4.43. The Morgan fingerprint density at radius 1 is 1.11 bits per heavy atom. The van der Waals surface area contributed by atoms with Crippen LogP contribution in [-0.2, 0) is 4.79 Å². The minimum absolute atomic E-state index is 0.122. The topological polar surface area (TPSA) is 54.4 Å². The fourth-order valence-electron chi connectivity index (χ4n) is 1.98. The summed E-state index contributed by atoms with van der Waals surface area (Å²) in [4.78, 5) is 22.7. The Kier molecular flexibility index (Phi) is 3.42. The zero-order chi connectivity index (χ0) is 13.1. The molecular weight excluding hydrogens is 228 g/mol. The maximum absolute atomic E-state index is 12.1. The molecule has 0 aliphatic rings. The molecule has 2 rings (SSSR count). The van der Waals surface area contributed by atoms with Crippen LogP contribution in [-0.4, -0.2) is 16.9 Å². The maximum Gasteiger partial charge on any atom is 0.304 e. The van der Waals surface area contributed by atoms with Crippen molar-refractivity contribution in [2.75, 3.05) is 0 Å². The molecule has 1 unspecified atom stereocenters. The summed E-state index contributed by atoms with van der Waals surface area (Å²) in [5, 5.41) is 10.8. The third-order valence-corrected chi connectivity index (χ3v) is 2.96. The SMILES string of the molecule is CC(CC(=O)O)C(=O)c1ccc2ccccc2c1. The predicted molar refractivity (Wildman–Crippen MR) is 69.7 cm³/mol. The Bertz CT molecular complexity index is 601. The van der Waals surface area contributed by atoms with Crippen LogP contribution in [0, 0.1) is 5.92 Å². The summed E-state index contributed by atoms with van der Waals surface area (Å²) in [6.07, 6.45) is -0.133. The lowest BCUT2D eigenvalue weighted by atomic mass is 9.95. The first-order valence-electron chi connectivity index (χ1n) is 5.83. The normalized spacial score (nSPS) is 12.3. The second-order valence-corrected chi connectivity index (χ2v) is 4.43. The van der Waals surface area contributed by atoms with Crippen LogP contribution in [0.4, 0.5) is 0 Å². The molecule has 0 fully saturated rings. The molecule has 3 heteroatoms. The van der Waals surface area contributed by atoms with Crippen molar-refractivity contribution in [2.45, 2.75) is 13.3 Å². The van der Waals surface area contributed by atoms with Gasteiger partial charge in [-0.15, -0.1) is 0 Å². The van der Waals surface area contributed by atoms with E-state index in [9.17, 15) is 9.59 Å². The number of ketones is 1. The van der Waals surface area contributed by atoms with E-state index in [0.717, 1.165) is 10.8 Å². The zero-order valence-electron chi connectivity index (χ0n) is 10.1. The number of carboxylic acids is 1. The first-order valence-corrected chi connectivity index (χ1v) is 5.83. The van der Waals surface area contributed by atoms with Crippen molar-refractivity contribution in [3.63, 3.8) is 0 Å². The molecule has 0 spiro atoms. The molecule has 0 amide bonds. The number of hydrogen-bond donors (Lipinski definition) is 1. The van der Waals surface area contributed by atoms with Crippen molar-refractivity contribution in [3.05, 3.63) is 48.0 Å². The summed E-state index contributed by atoms with van der Waals surface area (Å²) in [7, 11) is 0. The first kappa shape index (κ1) is 12.3. The number of Topliss-reactive ketones (excluding diaryl/α,β-unsaturated/α-hetero) is 1. The van der Waals surface area contributed by atoms with Gasteiger partial charge in [-0.25, -0.2) is 0 Å². The smallest absolute Gasteiger partial charge is 0.304 e. The Morgan fingerprint density at radius 3 is 2.44 bits per heavy atom. The molecule has 0 aromatic heterocycles. The van der Waals surface area contributed by atoms with Gasteiger partial charge in [-0.3, -0.25) is 9.59 Å². The van der Waals surface area contributed by atoms with Gasteiger partial charge in [0.2, 0.25) is 0 Å². The minimum atomic E-state index is -0.948. The van der Waals surface area contributed by atoms with Crippen molar-refractivity contribution in [1.82, 2.24) is 0 Å². The van der Waals surface area contributed by atoms with E-state index in [1.165, 1.54) is 0 Å². The molecule has 0 aliphatic heterocycles. The highest BCUT2D eigenvalue weighted by molar-refractivity contribution is 6.02. The average molecular weight is 242 g/mol. The number of fused-ring (bicyclic) bond motifs is 1. The number of carboxylic acid groups (broad SMARTS) is 1. The van der Waals surface area contributed by atoms with E-state index in [-0.39, 0.29) is 12.2 Å². The van der Waals surface area contributed by atoms with Gasteiger partial charge in [-0.05, 0) is 16.8 Å². The molecule has 0 heterocycles. The van der Waals surface area contributed by atoms with Crippen LogP contribution in [0.2, 0.25) is 0 Å². The van der Waals surface area contributed by atoms with E-state index in [4.69, 9.17) is 5.11 Å². The molecule has 0 saturated carbocycles. The Labute approximate surface area is 105 Å². The molecular formula is C15H14O3. The lowest BCUT2D eigenvalue weighted by molar-refractivity contribution is -0.137. The second kappa shape index (κ2) is 5.00. The van der Waals surface area contributed by atoms with Gasteiger partial charge in [0.15, 0.2) is 5.78 Å². The summed E-state index contributed by atoms with van der Waals surface area (Å²) in [5.74, 6) is -1.57. The predicted octanol–water partition coefficient (Wildman–Crippen LogP) is 3.13. The number of carbonyl (C=O) groups excluding carboxylic acids is 1. The number of aliphatic carboxylic acids is 1. The minimum Gasteiger partial charge on any atom is -0.481 e. The van der Waals surface area contributed by atoms with Gasteiger partial charge < -0.3 is 5.11 Å². The number of hydrogen-bond acceptors (Lipinski definition) is 2. The Balaban J connectivity index is 2.30. The van der Waals surface area contributed by atoms with Crippen molar-refractivity contribution in [2.24, 2.45) is 5.92 Å². The number of rotatable bonds is 4. The van der Waals surface area contributed by atoms with Crippen molar-refractivity contribution in [3.8, 4) is 0 Å². The zero-order valence-corrected chi connectivity index (χ0v) is 10.1. The van der Waals surface area contributed by atoms with Crippen molar-refractivity contribution in [1.29, 1.82) is 0 Å². The van der Waals surface area contributed by atoms with Crippen LogP contribution in [0.3, 0.4) is 0 Å². The molecule has 0 aliphatic carbocycles. The van der Waals surface area contributed by atoms with Crippen LogP contribution < -0.4 is 0 Å². The standard InChI is InChI=1S/C15H14O3/c1-10(8-14(16)17)15(18)13-7-6-11-4-2-3-5-12(11)9-13/h2-7,9-10H,8H2,1H3,(H,16,17). The molecule has 3 nitrogen and oxygen atoms in total. The van der Waals surface area contributed by atoms with Gasteiger partial charge in [0.05, 0.1) is 6.42 Å². The van der Waals surface area contributed by atoms with Gasteiger partial charge in [0.1, 0.15) is 0 Å². The van der Waals surface area contributed by atoms with Crippen LogP contribution in [0.15, 0.2) is 42.5 Å².